The third kappa shape index (κ3) is 2.09. The Labute approximate surface area is 72.4 Å². The Morgan fingerprint density at radius 1 is 1.58 bits per heavy atom. The maximum atomic E-state index is 10.8. The van der Waals surface area contributed by atoms with Crippen LogP contribution in [0.2, 0.25) is 0 Å². The van der Waals surface area contributed by atoms with Crippen LogP contribution < -0.4 is 5.73 Å². The smallest absolute Gasteiger partial charge is 0.248 e. The molecule has 0 heterocycles. The Morgan fingerprint density at radius 3 is 2.92 bits per heavy atom. The van der Waals surface area contributed by atoms with Crippen molar-refractivity contribution in [3.05, 3.63) is 35.4 Å². The second-order valence-corrected chi connectivity index (χ2v) is 2.74. The molecule has 1 rings (SSSR count). The summed E-state index contributed by atoms with van der Waals surface area (Å²) in [4.78, 5) is 10.8. The minimum atomic E-state index is -0.385. The number of primary amides is 1. The van der Waals surface area contributed by atoms with Gasteiger partial charge in [0.15, 0.2) is 0 Å². The van der Waals surface area contributed by atoms with Crippen LogP contribution in [0.5, 0.6) is 0 Å². The molecule has 0 aromatic heterocycles. The van der Waals surface area contributed by atoms with Crippen molar-refractivity contribution in [2.24, 2.45) is 5.73 Å². The van der Waals surface area contributed by atoms with Gasteiger partial charge in [-0.3, -0.25) is 4.79 Å². The van der Waals surface area contributed by atoms with Gasteiger partial charge in [-0.1, -0.05) is 19.4 Å². The van der Waals surface area contributed by atoms with Gasteiger partial charge in [-0.25, -0.2) is 0 Å². The van der Waals surface area contributed by atoms with E-state index >= 15 is 0 Å². The van der Waals surface area contributed by atoms with E-state index in [0.717, 1.165) is 18.4 Å². The molecule has 63 valence electrons. The Morgan fingerprint density at radius 2 is 2.33 bits per heavy atom. The number of amides is 1. The maximum absolute atomic E-state index is 10.8. The Balaban J connectivity index is 2.88. The molecule has 12 heavy (non-hydrogen) atoms. The third-order valence-corrected chi connectivity index (χ3v) is 1.67. The van der Waals surface area contributed by atoms with Crippen LogP contribution in [-0.2, 0) is 6.42 Å². The van der Waals surface area contributed by atoms with Crippen LogP contribution in [0.15, 0.2) is 18.2 Å². The van der Waals surface area contributed by atoms with Gasteiger partial charge in [-0.15, -0.1) is 0 Å². The average Bonchev–Trinajstić information content (AvgIpc) is 2.05. The first-order chi connectivity index (χ1) is 5.74. The number of hydrogen-bond donors (Lipinski definition) is 1. The quantitative estimate of drug-likeness (QED) is 0.719. The molecule has 0 aliphatic carbocycles. The van der Waals surface area contributed by atoms with Crippen LogP contribution in [0, 0.1) is 6.07 Å². The first-order valence-electron chi connectivity index (χ1n) is 4.04. The second-order valence-electron chi connectivity index (χ2n) is 2.74. The SMILES string of the molecule is CCCc1c[c]cc(C(N)=O)c1. The fraction of sp³-hybridized carbons (Fsp3) is 0.300. The molecule has 1 aromatic carbocycles. The molecule has 0 spiro atoms. The van der Waals surface area contributed by atoms with E-state index in [4.69, 9.17) is 5.73 Å². The molecule has 1 amide bonds. The molecular formula is C10H12NO. The molecule has 1 aromatic rings. The first kappa shape index (κ1) is 8.78. The highest BCUT2D eigenvalue weighted by atomic mass is 16.1. The molecular weight excluding hydrogens is 150 g/mol. The van der Waals surface area contributed by atoms with E-state index in [-0.39, 0.29) is 5.91 Å². The fourth-order valence-corrected chi connectivity index (χ4v) is 1.10. The van der Waals surface area contributed by atoms with Gasteiger partial charge >= 0.3 is 0 Å². The van der Waals surface area contributed by atoms with Gasteiger partial charge < -0.3 is 5.73 Å². The van der Waals surface area contributed by atoms with E-state index in [2.05, 4.69) is 13.0 Å². The van der Waals surface area contributed by atoms with E-state index in [1.165, 1.54) is 0 Å². The van der Waals surface area contributed by atoms with Crippen LogP contribution in [0.3, 0.4) is 0 Å². The van der Waals surface area contributed by atoms with Gasteiger partial charge in [0.05, 0.1) is 0 Å². The van der Waals surface area contributed by atoms with E-state index in [0.29, 0.717) is 5.56 Å². The summed E-state index contributed by atoms with van der Waals surface area (Å²) in [6.45, 7) is 2.09. The number of nitrogens with two attached hydrogens (primary N) is 1. The van der Waals surface area contributed by atoms with Gasteiger partial charge in [0, 0.05) is 5.56 Å². The van der Waals surface area contributed by atoms with Crippen molar-refractivity contribution in [2.45, 2.75) is 19.8 Å². The Bertz CT molecular complexity index is 281. The lowest BCUT2D eigenvalue weighted by Crippen LogP contribution is -2.10. The van der Waals surface area contributed by atoms with Crippen molar-refractivity contribution in [3.8, 4) is 0 Å². The zero-order valence-corrected chi connectivity index (χ0v) is 7.13. The summed E-state index contributed by atoms with van der Waals surface area (Å²) in [6, 6.07) is 8.21. The number of carbonyl (C=O) groups is 1. The summed E-state index contributed by atoms with van der Waals surface area (Å²) in [5.41, 5.74) is 6.78. The highest BCUT2D eigenvalue weighted by Crippen LogP contribution is 2.06. The summed E-state index contributed by atoms with van der Waals surface area (Å²) in [5.74, 6) is -0.385. The van der Waals surface area contributed by atoms with Crippen molar-refractivity contribution < 1.29 is 4.79 Å². The highest BCUT2D eigenvalue weighted by Gasteiger charge is 1.99. The average molecular weight is 162 g/mol. The lowest BCUT2D eigenvalue weighted by atomic mass is 10.1. The zero-order chi connectivity index (χ0) is 8.97. The molecule has 2 nitrogen and oxygen atoms in total. The summed E-state index contributed by atoms with van der Waals surface area (Å²) in [5, 5.41) is 0. The number of aryl methyl sites for hydroxylation is 1. The summed E-state index contributed by atoms with van der Waals surface area (Å²) in [7, 11) is 0. The van der Waals surface area contributed by atoms with E-state index in [1.54, 1.807) is 6.07 Å². The molecule has 0 aliphatic heterocycles. The van der Waals surface area contributed by atoms with Gasteiger partial charge in [0.2, 0.25) is 5.91 Å². The number of carbonyl (C=O) groups excluding carboxylic acids is 1. The largest absolute Gasteiger partial charge is 0.366 e. The summed E-state index contributed by atoms with van der Waals surface area (Å²) in [6.07, 6.45) is 2.04. The standard InChI is InChI=1S/C10H12NO/c1-2-4-8-5-3-6-9(7-8)10(11)12/h5-7H,2,4H2,1H3,(H2,11,12). The highest BCUT2D eigenvalue weighted by molar-refractivity contribution is 5.92. The molecule has 0 atom stereocenters. The van der Waals surface area contributed by atoms with Gasteiger partial charge in [-0.2, -0.15) is 0 Å². The van der Waals surface area contributed by atoms with Crippen LogP contribution >= 0.6 is 0 Å². The molecule has 2 heteroatoms. The molecule has 2 N–H and O–H groups in total. The maximum Gasteiger partial charge on any atom is 0.248 e. The van der Waals surface area contributed by atoms with Gasteiger partial charge in [-0.05, 0) is 30.2 Å². The van der Waals surface area contributed by atoms with Crippen LogP contribution in [0.4, 0.5) is 0 Å². The summed E-state index contributed by atoms with van der Waals surface area (Å²) < 4.78 is 0. The normalized spacial score (nSPS) is 9.75. The molecule has 0 aliphatic rings. The zero-order valence-electron chi connectivity index (χ0n) is 7.13. The lowest BCUT2D eigenvalue weighted by Gasteiger charge is -1.99. The topological polar surface area (TPSA) is 43.1 Å². The van der Waals surface area contributed by atoms with Crippen LogP contribution in [0.1, 0.15) is 29.3 Å². The Kier molecular flexibility index (Phi) is 2.86. The molecule has 1 radical (unpaired) electrons. The number of hydrogen-bond acceptors (Lipinski definition) is 1. The third-order valence-electron chi connectivity index (χ3n) is 1.67. The number of rotatable bonds is 3. The van der Waals surface area contributed by atoms with Crippen molar-refractivity contribution >= 4 is 5.91 Å². The van der Waals surface area contributed by atoms with E-state index in [9.17, 15) is 4.79 Å². The van der Waals surface area contributed by atoms with Crippen molar-refractivity contribution in [2.75, 3.05) is 0 Å². The van der Waals surface area contributed by atoms with Crippen molar-refractivity contribution in [3.63, 3.8) is 0 Å². The predicted molar refractivity (Wildman–Crippen MR) is 47.8 cm³/mol. The molecule has 0 unspecified atom stereocenters. The minimum absolute atomic E-state index is 0.385. The first-order valence-corrected chi connectivity index (χ1v) is 4.04. The van der Waals surface area contributed by atoms with Gasteiger partial charge in [0.1, 0.15) is 0 Å². The number of benzene rings is 1. The molecule has 0 fully saturated rings. The second kappa shape index (κ2) is 3.90. The predicted octanol–water partition coefficient (Wildman–Crippen LogP) is 1.54. The van der Waals surface area contributed by atoms with Crippen LogP contribution in [0.25, 0.3) is 0 Å². The molecule has 0 bridgehead atoms. The summed E-state index contributed by atoms with van der Waals surface area (Å²) >= 11 is 0. The van der Waals surface area contributed by atoms with Crippen molar-refractivity contribution in [1.82, 2.24) is 0 Å². The molecule has 0 saturated carbocycles. The van der Waals surface area contributed by atoms with Crippen molar-refractivity contribution in [1.29, 1.82) is 0 Å². The van der Waals surface area contributed by atoms with Gasteiger partial charge in [0.25, 0.3) is 0 Å². The monoisotopic (exact) mass is 162 g/mol. The van der Waals surface area contributed by atoms with E-state index in [1.807, 2.05) is 12.1 Å². The fourth-order valence-electron chi connectivity index (χ4n) is 1.10. The Hall–Kier alpha value is -1.31. The lowest BCUT2D eigenvalue weighted by molar-refractivity contribution is 0.1000. The van der Waals surface area contributed by atoms with Crippen LogP contribution in [-0.4, -0.2) is 5.91 Å². The van der Waals surface area contributed by atoms with E-state index < -0.39 is 0 Å². The molecule has 0 saturated heterocycles. The minimum Gasteiger partial charge on any atom is -0.366 e.